The molecule has 0 saturated heterocycles. The van der Waals surface area contributed by atoms with Crippen molar-refractivity contribution in [2.75, 3.05) is 6.80 Å². The maximum Gasteiger partial charge on any atom is 0.138 e. The van der Waals surface area contributed by atoms with Crippen LogP contribution in [0.4, 0.5) is 4.39 Å². The lowest BCUT2D eigenvalue weighted by atomic mass is 11.5. The van der Waals surface area contributed by atoms with Crippen molar-refractivity contribution in [1.82, 2.24) is 0 Å². The first kappa shape index (κ1) is 8.89. The minimum atomic E-state index is -0.750. The summed E-state index contributed by atoms with van der Waals surface area (Å²) >= 11 is 0. The van der Waals surface area contributed by atoms with Gasteiger partial charge < -0.3 is 5.73 Å². The molecule has 0 spiro atoms. The Labute approximate surface area is 30.4 Å². The van der Waals surface area contributed by atoms with E-state index in [0.29, 0.717) is 0 Å². The van der Waals surface area contributed by atoms with Gasteiger partial charge in [0.15, 0.2) is 0 Å². The molecule has 0 aliphatic heterocycles. The van der Waals surface area contributed by atoms with Crippen LogP contribution in [0, 0.1) is 0 Å². The van der Waals surface area contributed by atoms with Gasteiger partial charge in [0, 0.05) is 0 Å². The van der Waals surface area contributed by atoms with Crippen LogP contribution in [-0.2, 0) is 0 Å². The minimum Gasteiger partial charge on any atom is -0.304 e. The zero-order chi connectivity index (χ0) is 2.71. The quantitative estimate of drug-likeness (QED) is 0.421. The van der Waals surface area contributed by atoms with E-state index in [2.05, 4.69) is 5.73 Å². The fraction of sp³-hybridized carbons (Fsp3) is 1.00. The van der Waals surface area contributed by atoms with Crippen LogP contribution in [0.25, 0.3) is 0 Å². The zero-order valence-electron chi connectivity index (χ0n) is 2.07. The summed E-state index contributed by atoms with van der Waals surface area (Å²) in [6, 6.07) is 0. The van der Waals surface area contributed by atoms with Crippen LogP contribution in [-0.4, -0.2) is 6.80 Å². The Kier molecular flexibility index (Phi) is 24.1. The van der Waals surface area contributed by atoms with Crippen molar-refractivity contribution in [2.45, 2.75) is 0 Å². The van der Waals surface area contributed by atoms with Crippen molar-refractivity contribution in [3.63, 3.8) is 0 Å². The van der Waals surface area contributed by atoms with Gasteiger partial charge in [0.25, 0.3) is 0 Å². The average molecular weight is 85.5 g/mol. The van der Waals surface area contributed by atoms with E-state index in [0.717, 1.165) is 0 Å². The van der Waals surface area contributed by atoms with Crippen LogP contribution in [0.5, 0.6) is 0 Å². The van der Waals surface area contributed by atoms with E-state index in [1.807, 2.05) is 0 Å². The predicted octanol–water partition coefficient (Wildman–Crippen LogP) is 0.294. The van der Waals surface area contributed by atoms with Crippen LogP contribution < -0.4 is 5.73 Å². The van der Waals surface area contributed by atoms with E-state index >= 15 is 0 Å². The minimum absolute atomic E-state index is 0. The number of halogens is 2. The molecule has 1 nitrogen and oxygen atoms in total. The topological polar surface area (TPSA) is 26.0 Å². The van der Waals surface area contributed by atoms with Crippen LogP contribution in [0.1, 0.15) is 0 Å². The highest BCUT2D eigenvalue weighted by Gasteiger charge is 1.36. The molecule has 0 aromatic carbocycles. The second-order valence-electron chi connectivity index (χ2n) is 0.154. The molecule has 0 unspecified atom stereocenters. The maximum atomic E-state index is 10.1. The predicted molar refractivity (Wildman–Crippen MR) is 17.4 cm³/mol. The van der Waals surface area contributed by atoms with Crippen molar-refractivity contribution >= 4 is 12.4 Å². The molecule has 4 heavy (non-hydrogen) atoms. The van der Waals surface area contributed by atoms with Gasteiger partial charge in [0.1, 0.15) is 6.80 Å². The van der Waals surface area contributed by atoms with Crippen molar-refractivity contribution in [3.05, 3.63) is 0 Å². The van der Waals surface area contributed by atoms with Gasteiger partial charge in [-0.05, 0) is 0 Å². The van der Waals surface area contributed by atoms with Gasteiger partial charge in [-0.1, -0.05) is 0 Å². The molecular weight excluding hydrogens is 80.5 g/mol. The first-order valence-electron chi connectivity index (χ1n) is 0.676. The molecule has 0 aliphatic carbocycles. The lowest BCUT2D eigenvalue weighted by Gasteiger charge is -1.49. The van der Waals surface area contributed by atoms with Gasteiger partial charge in [-0.3, -0.25) is 0 Å². The van der Waals surface area contributed by atoms with Gasteiger partial charge in [-0.2, -0.15) is 0 Å². The second kappa shape index (κ2) is 10.9. The third-order valence-corrected chi connectivity index (χ3v) is 0. The van der Waals surface area contributed by atoms with Crippen molar-refractivity contribution in [2.24, 2.45) is 5.73 Å². The molecule has 28 valence electrons. The summed E-state index contributed by atoms with van der Waals surface area (Å²) in [5.74, 6) is 0. The van der Waals surface area contributed by atoms with Crippen LogP contribution in [0.15, 0.2) is 0 Å². The van der Waals surface area contributed by atoms with E-state index in [4.69, 9.17) is 0 Å². The fourth-order valence-corrected chi connectivity index (χ4v) is 0. The van der Waals surface area contributed by atoms with E-state index in [9.17, 15) is 4.39 Å². The zero-order valence-corrected chi connectivity index (χ0v) is 2.89. The molecule has 0 radical (unpaired) electrons. The van der Waals surface area contributed by atoms with Gasteiger partial charge in [-0.15, -0.1) is 12.4 Å². The second-order valence-corrected chi connectivity index (χ2v) is 0.154. The van der Waals surface area contributed by atoms with Crippen molar-refractivity contribution < 1.29 is 4.39 Å². The average Bonchev–Trinajstić information content (AvgIpc) is 0.918. The number of rotatable bonds is 0. The van der Waals surface area contributed by atoms with E-state index in [1.54, 1.807) is 0 Å². The molecule has 0 atom stereocenters. The third kappa shape index (κ3) is 93.7. The Balaban J connectivity index is 0. The molecule has 0 saturated carbocycles. The SMILES string of the molecule is Cl.NCF. The Morgan fingerprint density at radius 1 is 1.75 bits per heavy atom. The molecule has 0 aliphatic rings. The van der Waals surface area contributed by atoms with Gasteiger partial charge >= 0.3 is 0 Å². The van der Waals surface area contributed by atoms with Crippen LogP contribution >= 0.6 is 12.4 Å². The first-order chi connectivity index (χ1) is 1.41. The lowest BCUT2D eigenvalue weighted by Crippen LogP contribution is -1.85. The molecule has 0 aromatic rings. The molecule has 0 amide bonds. The summed E-state index contributed by atoms with van der Waals surface area (Å²) in [7, 11) is 0. The fourth-order valence-electron chi connectivity index (χ4n) is 0. The summed E-state index contributed by atoms with van der Waals surface area (Å²) in [6.07, 6.45) is 0. The van der Waals surface area contributed by atoms with E-state index in [1.165, 1.54) is 0 Å². The smallest absolute Gasteiger partial charge is 0.138 e. The number of alkyl halides is 1. The Bertz CT molecular complexity index is 8.00. The molecule has 3 heteroatoms. The standard InChI is InChI=1S/CH4FN.ClH/c2-1-3;/h1,3H2;1H. The molecule has 0 bridgehead atoms. The monoisotopic (exact) mass is 85.0 g/mol. The highest BCUT2D eigenvalue weighted by Crippen LogP contribution is 1.33. The summed E-state index contributed by atoms with van der Waals surface area (Å²) in [6.45, 7) is -0.750. The largest absolute Gasteiger partial charge is 0.304 e. The number of nitrogens with two attached hydrogens (primary N) is 1. The number of hydrogen-bond donors (Lipinski definition) is 1. The van der Waals surface area contributed by atoms with Crippen molar-refractivity contribution in [3.8, 4) is 0 Å². The summed E-state index contributed by atoms with van der Waals surface area (Å²) in [4.78, 5) is 0. The Hall–Kier alpha value is 0.180. The van der Waals surface area contributed by atoms with E-state index in [-0.39, 0.29) is 12.4 Å². The summed E-state index contributed by atoms with van der Waals surface area (Å²) < 4.78 is 10.1. The van der Waals surface area contributed by atoms with E-state index < -0.39 is 6.80 Å². The first-order valence-corrected chi connectivity index (χ1v) is 0.676. The van der Waals surface area contributed by atoms with Crippen molar-refractivity contribution in [1.29, 1.82) is 0 Å². The highest BCUT2D eigenvalue weighted by molar-refractivity contribution is 5.85. The maximum absolute atomic E-state index is 10.1. The van der Waals surface area contributed by atoms with Gasteiger partial charge in [0.2, 0.25) is 0 Å². The highest BCUT2D eigenvalue weighted by atomic mass is 35.5. The number of hydrogen-bond acceptors (Lipinski definition) is 1. The Morgan fingerprint density at radius 3 is 1.75 bits per heavy atom. The molecule has 0 rings (SSSR count). The summed E-state index contributed by atoms with van der Waals surface area (Å²) in [5, 5.41) is 0. The van der Waals surface area contributed by atoms with Gasteiger partial charge in [-0.25, -0.2) is 4.39 Å². The molecule has 0 fully saturated rings. The van der Waals surface area contributed by atoms with Crippen LogP contribution in [0.2, 0.25) is 0 Å². The normalized spacial score (nSPS) is 4.50. The summed E-state index contributed by atoms with van der Waals surface area (Å²) in [5.41, 5.74) is 4.18. The van der Waals surface area contributed by atoms with Crippen LogP contribution in [0.3, 0.4) is 0 Å². The lowest BCUT2D eigenvalue weighted by molar-refractivity contribution is 0.510. The Morgan fingerprint density at radius 2 is 1.75 bits per heavy atom. The molecule has 0 heterocycles. The third-order valence-electron chi connectivity index (χ3n) is 0. The molecule has 2 N–H and O–H groups in total. The molecule has 0 aromatic heterocycles. The molecular formula is CH5ClFN. The van der Waals surface area contributed by atoms with Gasteiger partial charge in [0.05, 0.1) is 0 Å².